The number of benzene rings is 1. The third kappa shape index (κ3) is 2.64. The van der Waals surface area contributed by atoms with Crippen LogP contribution < -0.4 is 9.80 Å². The number of aromatic nitrogens is 3. The van der Waals surface area contributed by atoms with E-state index in [0.717, 1.165) is 37.2 Å². The van der Waals surface area contributed by atoms with E-state index in [1.165, 1.54) is 24.1 Å². The highest BCUT2D eigenvalue weighted by molar-refractivity contribution is 5.67. The zero-order valence-corrected chi connectivity index (χ0v) is 13.8. The zero-order valence-electron chi connectivity index (χ0n) is 13.8. The molecule has 2 aromatic rings. The highest BCUT2D eigenvalue weighted by Crippen LogP contribution is 2.36. The predicted molar refractivity (Wildman–Crippen MR) is 92.2 cm³/mol. The normalized spacial score (nSPS) is 21.6. The second-order valence-corrected chi connectivity index (χ2v) is 6.84. The van der Waals surface area contributed by atoms with Gasteiger partial charge >= 0.3 is 0 Å². The third-order valence-corrected chi connectivity index (χ3v) is 5.07. The molecule has 5 heteroatoms. The van der Waals surface area contributed by atoms with Crippen LogP contribution in [0, 0.1) is 5.92 Å². The Balaban J connectivity index is 1.64. The van der Waals surface area contributed by atoms with Gasteiger partial charge < -0.3 is 9.80 Å². The molecule has 0 saturated carbocycles. The Labute approximate surface area is 137 Å². The first kappa shape index (κ1) is 14.4. The van der Waals surface area contributed by atoms with E-state index in [0.29, 0.717) is 6.04 Å². The summed E-state index contributed by atoms with van der Waals surface area (Å²) in [6, 6.07) is 8.88. The lowest BCUT2D eigenvalue weighted by Crippen LogP contribution is -2.34. The molecular weight excluding hydrogens is 286 g/mol. The number of nitrogens with zero attached hydrogens (tertiary/aromatic N) is 5. The molecule has 3 heterocycles. The van der Waals surface area contributed by atoms with Gasteiger partial charge in [-0.1, -0.05) is 25.1 Å². The second-order valence-electron chi connectivity index (χ2n) is 6.84. The van der Waals surface area contributed by atoms with Crippen LogP contribution in [-0.2, 0) is 6.42 Å². The highest BCUT2D eigenvalue weighted by atomic mass is 15.4. The fourth-order valence-electron chi connectivity index (χ4n) is 3.65. The number of piperidine rings is 1. The van der Waals surface area contributed by atoms with Crippen molar-refractivity contribution in [3.8, 4) is 0 Å². The molecule has 1 saturated heterocycles. The van der Waals surface area contributed by atoms with E-state index in [4.69, 9.17) is 4.98 Å². The third-order valence-electron chi connectivity index (χ3n) is 5.07. The predicted octanol–water partition coefficient (Wildman–Crippen LogP) is 3.19. The lowest BCUT2D eigenvalue weighted by molar-refractivity contribution is 0.436. The Morgan fingerprint density at radius 2 is 1.87 bits per heavy atom. The second kappa shape index (κ2) is 5.80. The van der Waals surface area contributed by atoms with Gasteiger partial charge in [0.05, 0.1) is 6.20 Å². The van der Waals surface area contributed by atoms with Gasteiger partial charge in [0.25, 0.3) is 5.95 Å². The molecule has 0 N–H and O–H groups in total. The van der Waals surface area contributed by atoms with Gasteiger partial charge in [0, 0.05) is 24.8 Å². The maximum atomic E-state index is 4.83. The molecule has 1 aromatic carbocycles. The maximum Gasteiger partial charge on any atom is 0.252 e. The quantitative estimate of drug-likeness (QED) is 0.852. The van der Waals surface area contributed by atoms with E-state index in [1.807, 2.05) is 0 Å². The Bertz CT molecular complexity index is 693. The molecular formula is C18H23N5. The molecule has 0 radical (unpaired) electrons. The van der Waals surface area contributed by atoms with Crippen molar-refractivity contribution < 1.29 is 0 Å². The van der Waals surface area contributed by atoms with Gasteiger partial charge in [0.1, 0.15) is 0 Å². The first-order valence-corrected chi connectivity index (χ1v) is 8.54. The maximum absolute atomic E-state index is 4.83. The van der Waals surface area contributed by atoms with E-state index < -0.39 is 0 Å². The lowest BCUT2D eigenvalue weighted by Gasteiger charge is -2.31. The SMILES string of the molecule is CC1CCN(c2cnnc(N3c4ccccc4CC3C)n2)CC1. The Morgan fingerprint density at radius 1 is 1.09 bits per heavy atom. The first-order chi connectivity index (χ1) is 11.2. The van der Waals surface area contributed by atoms with Crippen molar-refractivity contribution in [3.63, 3.8) is 0 Å². The summed E-state index contributed by atoms with van der Waals surface area (Å²) in [5, 5.41) is 8.55. The van der Waals surface area contributed by atoms with Gasteiger partial charge in [-0.2, -0.15) is 10.1 Å². The summed E-state index contributed by atoms with van der Waals surface area (Å²) in [6.07, 6.45) is 5.28. The van der Waals surface area contributed by atoms with Gasteiger partial charge in [-0.15, -0.1) is 5.10 Å². The molecule has 0 amide bonds. The number of hydrogen-bond acceptors (Lipinski definition) is 5. The molecule has 23 heavy (non-hydrogen) atoms. The zero-order chi connectivity index (χ0) is 15.8. The topological polar surface area (TPSA) is 45.2 Å². The van der Waals surface area contributed by atoms with Gasteiger partial charge in [0.2, 0.25) is 0 Å². The molecule has 0 spiro atoms. The molecule has 0 bridgehead atoms. The van der Waals surface area contributed by atoms with Crippen molar-refractivity contribution >= 4 is 17.5 Å². The minimum atomic E-state index is 0.367. The van der Waals surface area contributed by atoms with Gasteiger partial charge in [-0.3, -0.25) is 0 Å². The summed E-state index contributed by atoms with van der Waals surface area (Å²) in [4.78, 5) is 9.39. The standard InChI is InChI=1S/C18H23N5/c1-13-7-9-22(10-8-13)17-12-19-21-18(20-17)23-14(2)11-15-5-3-4-6-16(15)23/h3-6,12-14H,7-11H2,1-2H3. The largest absolute Gasteiger partial charge is 0.355 e. The van der Waals surface area contributed by atoms with E-state index in [9.17, 15) is 0 Å². The van der Waals surface area contributed by atoms with E-state index in [2.05, 4.69) is 58.1 Å². The van der Waals surface area contributed by atoms with Crippen LogP contribution in [0.2, 0.25) is 0 Å². The average Bonchev–Trinajstić information content (AvgIpc) is 2.91. The fraction of sp³-hybridized carbons (Fsp3) is 0.500. The number of hydrogen-bond donors (Lipinski definition) is 0. The van der Waals surface area contributed by atoms with Crippen LogP contribution >= 0.6 is 0 Å². The number of rotatable bonds is 2. The van der Waals surface area contributed by atoms with Crippen molar-refractivity contribution in [1.29, 1.82) is 0 Å². The van der Waals surface area contributed by atoms with Crippen LogP contribution in [0.4, 0.5) is 17.5 Å². The molecule has 4 rings (SSSR count). The van der Waals surface area contributed by atoms with E-state index in [-0.39, 0.29) is 0 Å². The van der Waals surface area contributed by atoms with E-state index >= 15 is 0 Å². The summed E-state index contributed by atoms with van der Waals surface area (Å²) in [5.74, 6) is 2.49. The lowest BCUT2D eigenvalue weighted by atomic mass is 9.99. The monoisotopic (exact) mass is 309 g/mol. The number of fused-ring (bicyclic) bond motifs is 1. The molecule has 120 valence electrons. The van der Waals surface area contributed by atoms with Crippen LogP contribution in [0.3, 0.4) is 0 Å². The summed E-state index contributed by atoms with van der Waals surface area (Å²) >= 11 is 0. The number of anilines is 3. The van der Waals surface area contributed by atoms with Crippen LogP contribution in [0.25, 0.3) is 0 Å². The van der Waals surface area contributed by atoms with Crippen molar-refractivity contribution in [3.05, 3.63) is 36.0 Å². The molecule has 2 aliphatic heterocycles. The van der Waals surface area contributed by atoms with Gasteiger partial charge in [0.15, 0.2) is 5.82 Å². The summed E-state index contributed by atoms with van der Waals surface area (Å²) in [6.45, 7) is 6.67. The van der Waals surface area contributed by atoms with Crippen molar-refractivity contribution in [2.24, 2.45) is 5.92 Å². The number of para-hydroxylation sites is 1. The van der Waals surface area contributed by atoms with Crippen LogP contribution in [-0.4, -0.2) is 34.3 Å². The van der Waals surface area contributed by atoms with E-state index in [1.54, 1.807) is 6.20 Å². The highest BCUT2D eigenvalue weighted by Gasteiger charge is 2.29. The summed E-state index contributed by atoms with van der Waals surface area (Å²) in [7, 11) is 0. The molecule has 0 aliphatic carbocycles. The molecule has 5 nitrogen and oxygen atoms in total. The van der Waals surface area contributed by atoms with Crippen LogP contribution in [0.1, 0.15) is 32.3 Å². The smallest absolute Gasteiger partial charge is 0.252 e. The Morgan fingerprint density at radius 3 is 2.70 bits per heavy atom. The summed E-state index contributed by atoms with van der Waals surface area (Å²) in [5.41, 5.74) is 2.58. The van der Waals surface area contributed by atoms with Crippen molar-refractivity contribution in [1.82, 2.24) is 15.2 Å². The van der Waals surface area contributed by atoms with Crippen molar-refractivity contribution in [2.75, 3.05) is 22.9 Å². The van der Waals surface area contributed by atoms with Crippen LogP contribution in [0.5, 0.6) is 0 Å². The van der Waals surface area contributed by atoms with Crippen LogP contribution in [0.15, 0.2) is 30.5 Å². The molecule has 1 aromatic heterocycles. The molecule has 1 fully saturated rings. The average molecular weight is 309 g/mol. The molecule has 2 aliphatic rings. The van der Waals surface area contributed by atoms with Crippen molar-refractivity contribution in [2.45, 2.75) is 39.2 Å². The Kier molecular flexibility index (Phi) is 3.63. The van der Waals surface area contributed by atoms with Gasteiger partial charge in [-0.05, 0) is 43.7 Å². The summed E-state index contributed by atoms with van der Waals surface area (Å²) < 4.78 is 0. The fourth-order valence-corrected chi connectivity index (χ4v) is 3.65. The first-order valence-electron chi connectivity index (χ1n) is 8.54. The molecule has 1 unspecified atom stereocenters. The van der Waals surface area contributed by atoms with Gasteiger partial charge in [-0.25, -0.2) is 0 Å². The molecule has 1 atom stereocenters. The minimum absolute atomic E-state index is 0.367. The Hall–Kier alpha value is -2.17. The minimum Gasteiger partial charge on any atom is -0.355 e.